The van der Waals surface area contributed by atoms with E-state index in [0.29, 0.717) is 12.2 Å². The summed E-state index contributed by atoms with van der Waals surface area (Å²) in [6, 6.07) is 0. The van der Waals surface area contributed by atoms with Gasteiger partial charge in [0.05, 0.1) is 0 Å². The second-order valence-electron chi connectivity index (χ2n) is 2.30. The number of hydrogen-bond donors (Lipinski definition) is 1. The Labute approximate surface area is 86.3 Å². The van der Waals surface area contributed by atoms with Gasteiger partial charge in [0.15, 0.2) is 0 Å². The normalized spacial score (nSPS) is 11.3. The quantitative estimate of drug-likeness (QED) is 0.321. The average molecular weight is 210 g/mol. The van der Waals surface area contributed by atoms with Crippen molar-refractivity contribution in [3.63, 3.8) is 0 Å². The topological polar surface area (TPSA) is 80.7 Å². The van der Waals surface area contributed by atoms with Crippen molar-refractivity contribution in [3.8, 4) is 0 Å². The van der Waals surface area contributed by atoms with Crippen LogP contribution in [-0.4, -0.2) is 23.0 Å². The predicted molar refractivity (Wildman–Crippen MR) is 51.8 cm³/mol. The molecule has 0 unspecified atom stereocenters. The van der Waals surface area contributed by atoms with E-state index in [2.05, 4.69) is 4.74 Å². The van der Waals surface area contributed by atoms with Crippen molar-refractivity contribution in [1.82, 2.24) is 0 Å². The van der Waals surface area contributed by atoms with Gasteiger partial charge in [-0.2, -0.15) is 0 Å². The van der Waals surface area contributed by atoms with Crippen LogP contribution in [0, 0.1) is 0 Å². The van der Waals surface area contributed by atoms with E-state index in [0.717, 1.165) is 6.08 Å². The van der Waals surface area contributed by atoms with Crippen LogP contribution in [0.4, 0.5) is 0 Å². The van der Waals surface area contributed by atoms with Gasteiger partial charge in [0, 0.05) is 18.2 Å². The molecule has 0 spiro atoms. The van der Waals surface area contributed by atoms with Gasteiger partial charge in [0.25, 0.3) is 0 Å². The zero-order chi connectivity index (χ0) is 11.7. The van der Waals surface area contributed by atoms with E-state index in [1.165, 1.54) is 6.08 Å². The van der Waals surface area contributed by atoms with Crippen molar-refractivity contribution in [2.45, 2.75) is 6.92 Å². The molecule has 15 heavy (non-hydrogen) atoms. The lowest BCUT2D eigenvalue weighted by Gasteiger charge is -1.92. The maximum absolute atomic E-state index is 10.8. The highest BCUT2D eigenvalue weighted by atomic mass is 16.6. The Morgan fingerprint density at radius 1 is 1.00 bits per heavy atom. The monoisotopic (exact) mass is 210 g/mol. The van der Waals surface area contributed by atoms with Gasteiger partial charge in [-0.25, -0.2) is 14.4 Å². The third-order valence-corrected chi connectivity index (χ3v) is 1.10. The minimum atomic E-state index is -1.29. The molecule has 5 nitrogen and oxygen atoms in total. The molecule has 0 heterocycles. The van der Waals surface area contributed by atoms with E-state index in [1.807, 2.05) is 0 Å². The van der Waals surface area contributed by atoms with Crippen LogP contribution < -0.4 is 0 Å². The van der Waals surface area contributed by atoms with Gasteiger partial charge in [-0.05, 0) is 6.92 Å². The van der Waals surface area contributed by atoms with Crippen molar-refractivity contribution in [2.75, 3.05) is 0 Å². The van der Waals surface area contributed by atoms with Gasteiger partial charge in [0.2, 0.25) is 0 Å². The van der Waals surface area contributed by atoms with Crippen molar-refractivity contribution in [2.24, 2.45) is 0 Å². The van der Waals surface area contributed by atoms with E-state index in [9.17, 15) is 14.4 Å². The lowest BCUT2D eigenvalue weighted by Crippen LogP contribution is -2.07. The van der Waals surface area contributed by atoms with E-state index in [4.69, 9.17) is 5.11 Å². The SMILES string of the molecule is C/C=C/C=C/C(=O)OC(=O)/C=C\C(=O)O. The molecule has 0 atom stereocenters. The third-order valence-electron chi connectivity index (χ3n) is 1.10. The van der Waals surface area contributed by atoms with Crippen molar-refractivity contribution in [1.29, 1.82) is 0 Å². The number of carbonyl (C=O) groups is 3. The second-order valence-corrected chi connectivity index (χ2v) is 2.30. The van der Waals surface area contributed by atoms with E-state index in [-0.39, 0.29) is 0 Å². The minimum absolute atomic E-state index is 0.589. The summed E-state index contributed by atoms with van der Waals surface area (Å²) in [5.74, 6) is -3.16. The van der Waals surface area contributed by atoms with Crippen LogP contribution in [0.15, 0.2) is 36.5 Å². The van der Waals surface area contributed by atoms with E-state index in [1.54, 1.807) is 19.1 Å². The number of carbonyl (C=O) groups excluding carboxylic acids is 2. The van der Waals surface area contributed by atoms with Crippen LogP contribution >= 0.6 is 0 Å². The molecule has 0 saturated carbocycles. The van der Waals surface area contributed by atoms with Crippen LogP contribution in [0.1, 0.15) is 6.92 Å². The van der Waals surface area contributed by atoms with Crippen LogP contribution in [-0.2, 0) is 19.1 Å². The highest BCUT2D eigenvalue weighted by Crippen LogP contribution is 1.87. The zero-order valence-corrected chi connectivity index (χ0v) is 8.04. The summed E-state index contributed by atoms with van der Waals surface area (Å²) in [6.07, 6.45) is 6.97. The molecule has 0 amide bonds. The summed E-state index contributed by atoms with van der Waals surface area (Å²) in [7, 11) is 0. The molecule has 0 saturated heterocycles. The Bertz CT molecular complexity index is 336. The summed E-state index contributed by atoms with van der Waals surface area (Å²) in [5, 5.41) is 8.17. The molecular weight excluding hydrogens is 200 g/mol. The number of carboxylic acid groups (broad SMARTS) is 1. The summed E-state index contributed by atoms with van der Waals surface area (Å²) < 4.78 is 4.20. The second kappa shape index (κ2) is 7.25. The first-order valence-electron chi connectivity index (χ1n) is 4.02. The maximum atomic E-state index is 10.8. The number of ether oxygens (including phenoxy) is 1. The largest absolute Gasteiger partial charge is 0.478 e. The lowest BCUT2D eigenvalue weighted by atomic mass is 10.4. The van der Waals surface area contributed by atoms with E-state index >= 15 is 0 Å². The number of carboxylic acids is 1. The Balaban J connectivity index is 4.08. The predicted octanol–water partition coefficient (Wildman–Crippen LogP) is 0.829. The molecule has 1 N–H and O–H groups in total. The first kappa shape index (κ1) is 12.8. The fraction of sp³-hybridized carbons (Fsp3) is 0.100. The summed E-state index contributed by atoms with van der Waals surface area (Å²) in [5.41, 5.74) is 0. The molecule has 0 fully saturated rings. The molecule has 0 aromatic rings. The lowest BCUT2D eigenvalue weighted by molar-refractivity contribution is -0.152. The smallest absolute Gasteiger partial charge is 0.338 e. The van der Waals surface area contributed by atoms with Gasteiger partial charge in [-0.1, -0.05) is 18.2 Å². The van der Waals surface area contributed by atoms with Crippen LogP contribution in [0.5, 0.6) is 0 Å². The number of hydrogen-bond acceptors (Lipinski definition) is 4. The molecule has 0 aliphatic rings. The van der Waals surface area contributed by atoms with Gasteiger partial charge in [-0.3, -0.25) is 0 Å². The molecule has 0 radical (unpaired) electrons. The summed E-state index contributed by atoms with van der Waals surface area (Å²) in [4.78, 5) is 31.6. The minimum Gasteiger partial charge on any atom is -0.478 e. The average Bonchev–Trinajstić information content (AvgIpc) is 2.15. The summed E-state index contributed by atoms with van der Waals surface area (Å²) in [6.45, 7) is 1.76. The molecule has 80 valence electrons. The molecule has 0 bridgehead atoms. The van der Waals surface area contributed by atoms with E-state index < -0.39 is 17.9 Å². The van der Waals surface area contributed by atoms with Crippen LogP contribution in [0.25, 0.3) is 0 Å². The van der Waals surface area contributed by atoms with Gasteiger partial charge in [0.1, 0.15) is 0 Å². The van der Waals surface area contributed by atoms with Crippen molar-refractivity contribution < 1.29 is 24.2 Å². The molecule has 0 rings (SSSR count). The van der Waals surface area contributed by atoms with Gasteiger partial charge < -0.3 is 9.84 Å². The van der Waals surface area contributed by atoms with Crippen LogP contribution in [0.3, 0.4) is 0 Å². The Morgan fingerprint density at radius 2 is 1.60 bits per heavy atom. The first-order valence-corrected chi connectivity index (χ1v) is 4.02. The number of rotatable bonds is 4. The molecule has 0 aliphatic heterocycles. The fourth-order valence-corrected chi connectivity index (χ4v) is 0.552. The molecule has 0 aliphatic carbocycles. The van der Waals surface area contributed by atoms with Crippen LogP contribution in [0.2, 0.25) is 0 Å². The molecular formula is C10H10O5. The Kier molecular flexibility index (Phi) is 6.20. The Morgan fingerprint density at radius 3 is 2.13 bits per heavy atom. The molecule has 5 heteroatoms. The zero-order valence-electron chi connectivity index (χ0n) is 8.04. The van der Waals surface area contributed by atoms with Crippen molar-refractivity contribution in [3.05, 3.63) is 36.5 Å². The van der Waals surface area contributed by atoms with Gasteiger partial charge in [-0.15, -0.1) is 0 Å². The Hall–Kier alpha value is -2.17. The highest BCUT2D eigenvalue weighted by molar-refractivity contribution is 5.98. The fourth-order valence-electron chi connectivity index (χ4n) is 0.552. The number of aliphatic carboxylic acids is 1. The summed E-state index contributed by atoms with van der Waals surface area (Å²) >= 11 is 0. The maximum Gasteiger partial charge on any atom is 0.338 e. The molecule has 0 aromatic carbocycles. The molecule has 0 aromatic heterocycles. The number of allylic oxidation sites excluding steroid dienone is 3. The standard InChI is InChI=1S/C10H10O5/c1-2-3-4-5-9(13)15-10(14)7-6-8(11)12/h2-7H,1H3,(H,11,12)/b3-2+,5-4+,7-6-. The number of esters is 2. The third kappa shape index (κ3) is 8.17. The highest BCUT2D eigenvalue weighted by Gasteiger charge is 2.03. The first-order chi connectivity index (χ1) is 7.06. The van der Waals surface area contributed by atoms with Gasteiger partial charge >= 0.3 is 17.9 Å². The van der Waals surface area contributed by atoms with Crippen molar-refractivity contribution >= 4 is 17.9 Å².